The maximum absolute atomic E-state index is 4.77. The van der Waals surface area contributed by atoms with Crippen LogP contribution in [0.1, 0.15) is 32.4 Å². The van der Waals surface area contributed by atoms with Gasteiger partial charge in [0.25, 0.3) is 0 Å². The van der Waals surface area contributed by atoms with Gasteiger partial charge >= 0.3 is 0 Å². The number of hydrogen-bond acceptors (Lipinski definition) is 3. The van der Waals surface area contributed by atoms with E-state index in [1.165, 1.54) is 23.6 Å². The number of fused-ring (bicyclic) bond motifs is 1. The van der Waals surface area contributed by atoms with E-state index in [9.17, 15) is 0 Å². The molecule has 1 heterocycles. The van der Waals surface area contributed by atoms with Crippen LogP contribution in [0, 0.1) is 0 Å². The molecule has 1 fully saturated rings. The van der Waals surface area contributed by atoms with Crippen molar-refractivity contribution in [1.29, 1.82) is 0 Å². The third-order valence-corrected chi connectivity index (χ3v) is 3.37. The molecule has 1 aromatic carbocycles. The Morgan fingerprint density at radius 2 is 2.05 bits per heavy atom. The third kappa shape index (κ3) is 3.04. The van der Waals surface area contributed by atoms with Gasteiger partial charge in [0.05, 0.1) is 5.69 Å². The Morgan fingerprint density at radius 1 is 1.26 bits per heavy atom. The van der Waals surface area contributed by atoms with Gasteiger partial charge in [-0.1, -0.05) is 24.3 Å². The van der Waals surface area contributed by atoms with Crippen LogP contribution in [0.2, 0.25) is 0 Å². The number of hydrogen-bond donors (Lipinski definition) is 2. The molecule has 0 atom stereocenters. The summed E-state index contributed by atoms with van der Waals surface area (Å²) in [5.74, 6) is 1.00. The number of benzene rings is 1. The first-order valence-electron chi connectivity index (χ1n) is 7.11. The molecule has 2 aromatic rings. The van der Waals surface area contributed by atoms with Crippen LogP contribution in [0.3, 0.4) is 0 Å². The second-order valence-electron chi connectivity index (χ2n) is 5.64. The fourth-order valence-electron chi connectivity index (χ4n) is 2.26. The monoisotopic (exact) mass is 255 g/mol. The average Bonchev–Trinajstić information content (AvgIpc) is 3.20. The first-order chi connectivity index (χ1) is 9.22. The summed E-state index contributed by atoms with van der Waals surface area (Å²) in [6.07, 6.45) is 2.62. The van der Waals surface area contributed by atoms with Crippen LogP contribution in [-0.2, 0) is 6.54 Å². The molecule has 3 nitrogen and oxygen atoms in total. The van der Waals surface area contributed by atoms with Crippen LogP contribution in [0.15, 0.2) is 30.3 Å². The number of nitrogens with one attached hydrogen (secondary N) is 2. The predicted octanol–water partition coefficient (Wildman–Crippen LogP) is 3.31. The molecule has 3 rings (SSSR count). The van der Waals surface area contributed by atoms with E-state index in [4.69, 9.17) is 4.98 Å². The number of rotatable bonds is 5. The van der Waals surface area contributed by atoms with E-state index in [1.54, 1.807) is 0 Å². The zero-order chi connectivity index (χ0) is 13.2. The van der Waals surface area contributed by atoms with E-state index < -0.39 is 0 Å². The van der Waals surface area contributed by atoms with Crippen molar-refractivity contribution in [2.75, 3.05) is 5.32 Å². The summed E-state index contributed by atoms with van der Waals surface area (Å²) in [5, 5.41) is 9.44. The van der Waals surface area contributed by atoms with Crippen molar-refractivity contribution in [2.24, 2.45) is 0 Å². The number of pyridine rings is 1. The molecule has 0 amide bonds. The van der Waals surface area contributed by atoms with Gasteiger partial charge in [0.15, 0.2) is 0 Å². The molecule has 19 heavy (non-hydrogen) atoms. The standard InChI is InChI=1S/C16H21N3/c1-11(2)18-16-15-6-4-3-5-12(15)9-14(19-16)10-17-13-7-8-13/h3-6,9,11,13,17H,7-8,10H2,1-2H3,(H,18,19). The second-order valence-corrected chi connectivity index (χ2v) is 5.64. The maximum Gasteiger partial charge on any atom is 0.134 e. The van der Waals surface area contributed by atoms with Gasteiger partial charge in [-0.2, -0.15) is 0 Å². The molecule has 0 radical (unpaired) electrons. The molecule has 3 heteroatoms. The summed E-state index contributed by atoms with van der Waals surface area (Å²) in [7, 11) is 0. The van der Waals surface area contributed by atoms with Gasteiger partial charge in [-0.25, -0.2) is 4.98 Å². The van der Waals surface area contributed by atoms with Crippen LogP contribution in [-0.4, -0.2) is 17.1 Å². The molecular formula is C16H21N3. The highest BCUT2D eigenvalue weighted by molar-refractivity contribution is 5.92. The Balaban J connectivity index is 1.93. The van der Waals surface area contributed by atoms with Crippen LogP contribution in [0.4, 0.5) is 5.82 Å². The average molecular weight is 255 g/mol. The number of nitrogens with zero attached hydrogens (tertiary/aromatic N) is 1. The highest BCUT2D eigenvalue weighted by atomic mass is 15.0. The highest BCUT2D eigenvalue weighted by Gasteiger charge is 2.20. The molecule has 100 valence electrons. The van der Waals surface area contributed by atoms with Gasteiger partial charge in [0.2, 0.25) is 0 Å². The minimum absolute atomic E-state index is 0.391. The first-order valence-corrected chi connectivity index (χ1v) is 7.11. The predicted molar refractivity (Wildman–Crippen MR) is 80.4 cm³/mol. The van der Waals surface area contributed by atoms with Gasteiger partial charge in [-0.15, -0.1) is 0 Å². The van der Waals surface area contributed by atoms with Crippen LogP contribution in [0.25, 0.3) is 10.8 Å². The maximum atomic E-state index is 4.77. The number of anilines is 1. The summed E-state index contributed by atoms with van der Waals surface area (Å²) in [5.41, 5.74) is 1.12. The first kappa shape index (κ1) is 12.4. The molecule has 0 unspecified atom stereocenters. The third-order valence-electron chi connectivity index (χ3n) is 3.37. The molecule has 0 aliphatic heterocycles. The minimum atomic E-state index is 0.391. The van der Waals surface area contributed by atoms with E-state index in [2.05, 4.69) is 54.8 Å². The van der Waals surface area contributed by atoms with E-state index in [0.29, 0.717) is 6.04 Å². The van der Waals surface area contributed by atoms with Crippen molar-refractivity contribution < 1.29 is 0 Å². The van der Waals surface area contributed by atoms with Crippen molar-refractivity contribution in [3.8, 4) is 0 Å². The van der Waals surface area contributed by atoms with Gasteiger partial charge in [0.1, 0.15) is 5.82 Å². The van der Waals surface area contributed by atoms with Gasteiger partial charge in [-0.3, -0.25) is 0 Å². The van der Waals surface area contributed by atoms with Gasteiger partial charge < -0.3 is 10.6 Å². The molecule has 1 aromatic heterocycles. The fourth-order valence-corrected chi connectivity index (χ4v) is 2.26. The summed E-state index contributed by atoms with van der Waals surface area (Å²) in [6.45, 7) is 5.15. The summed E-state index contributed by atoms with van der Waals surface area (Å²) in [4.78, 5) is 4.77. The lowest BCUT2D eigenvalue weighted by atomic mass is 10.1. The Bertz CT molecular complexity index is 573. The van der Waals surface area contributed by atoms with E-state index >= 15 is 0 Å². The van der Waals surface area contributed by atoms with Crippen molar-refractivity contribution in [2.45, 2.75) is 45.3 Å². The smallest absolute Gasteiger partial charge is 0.134 e. The van der Waals surface area contributed by atoms with E-state index in [-0.39, 0.29) is 0 Å². The van der Waals surface area contributed by atoms with Crippen LogP contribution in [0.5, 0.6) is 0 Å². The number of aromatic nitrogens is 1. The molecule has 1 aliphatic carbocycles. The van der Waals surface area contributed by atoms with E-state index in [0.717, 1.165) is 24.1 Å². The fraction of sp³-hybridized carbons (Fsp3) is 0.438. The topological polar surface area (TPSA) is 37.0 Å². The van der Waals surface area contributed by atoms with Crippen molar-refractivity contribution in [1.82, 2.24) is 10.3 Å². The lowest BCUT2D eigenvalue weighted by molar-refractivity contribution is 0.675. The quantitative estimate of drug-likeness (QED) is 0.860. The molecule has 2 N–H and O–H groups in total. The van der Waals surface area contributed by atoms with Crippen LogP contribution < -0.4 is 10.6 Å². The summed E-state index contributed by atoms with van der Waals surface area (Å²) >= 11 is 0. The normalized spacial score (nSPS) is 15.1. The molecule has 0 bridgehead atoms. The summed E-state index contributed by atoms with van der Waals surface area (Å²) in [6, 6.07) is 11.7. The molecule has 1 saturated carbocycles. The Hall–Kier alpha value is -1.61. The zero-order valence-corrected chi connectivity index (χ0v) is 11.6. The van der Waals surface area contributed by atoms with E-state index in [1.807, 2.05) is 0 Å². The lowest BCUT2D eigenvalue weighted by Crippen LogP contribution is -2.17. The molecule has 0 spiro atoms. The molecular weight excluding hydrogens is 234 g/mol. The van der Waals surface area contributed by atoms with Crippen molar-refractivity contribution >= 4 is 16.6 Å². The SMILES string of the molecule is CC(C)Nc1nc(CNC2CC2)cc2ccccc12. The molecule has 0 saturated heterocycles. The van der Waals surface area contributed by atoms with Crippen molar-refractivity contribution in [3.63, 3.8) is 0 Å². The Morgan fingerprint density at radius 3 is 2.79 bits per heavy atom. The highest BCUT2D eigenvalue weighted by Crippen LogP contribution is 2.24. The molecule has 1 aliphatic rings. The van der Waals surface area contributed by atoms with Gasteiger partial charge in [-0.05, 0) is 38.1 Å². The summed E-state index contributed by atoms with van der Waals surface area (Å²) < 4.78 is 0. The largest absolute Gasteiger partial charge is 0.367 e. The van der Waals surface area contributed by atoms with Crippen LogP contribution >= 0.6 is 0 Å². The van der Waals surface area contributed by atoms with Crippen molar-refractivity contribution in [3.05, 3.63) is 36.0 Å². The van der Waals surface area contributed by atoms with Gasteiger partial charge in [0, 0.05) is 24.0 Å². The second kappa shape index (κ2) is 5.17. The minimum Gasteiger partial charge on any atom is -0.367 e. The zero-order valence-electron chi connectivity index (χ0n) is 11.6. The lowest BCUT2D eigenvalue weighted by Gasteiger charge is -2.14. The Labute approximate surface area is 114 Å². The Kier molecular flexibility index (Phi) is 3.38.